The van der Waals surface area contributed by atoms with Gasteiger partial charge in [-0.15, -0.1) is 0 Å². The van der Waals surface area contributed by atoms with Crippen LogP contribution in [0, 0.1) is 62.1 Å². The number of allylic oxidation sites excluding steroid dienone is 4. The number of carbonyl (C=O) groups is 2. The lowest BCUT2D eigenvalue weighted by Crippen LogP contribution is -2.65. The fourth-order valence-corrected chi connectivity index (χ4v) is 10.1. The van der Waals surface area contributed by atoms with Crippen LogP contribution in [0.3, 0.4) is 0 Å². The first-order valence-corrected chi connectivity index (χ1v) is 13.9. The van der Waals surface area contributed by atoms with Gasteiger partial charge in [0.1, 0.15) is 5.76 Å². The van der Waals surface area contributed by atoms with Crippen molar-refractivity contribution in [2.24, 2.45) is 50.7 Å². The summed E-state index contributed by atoms with van der Waals surface area (Å²) in [6.45, 7) is 13.5. The number of aliphatic hydroxyl groups is 1. The van der Waals surface area contributed by atoms with Crippen molar-refractivity contribution in [3.63, 3.8) is 0 Å². The highest BCUT2D eigenvalue weighted by atomic mass is 16.5. The second-order valence-corrected chi connectivity index (χ2v) is 14.3. The van der Waals surface area contributed by atoms with Crippen LogP contribution in [-0.2, 0) is 14.3 Å². The molecule has 3 fully saturated rings. The molecule has 5 rings (SSSR count). The molecule has 0 spiro atoms. The van der Waals surface area contributed by atoms with Crippen molar-refractivity contribution in [3.8, 4) is 6.07 Å². The summed E-state index contributed by atoms with van der Waals surface area (Å²) in [7, 11) is 1.49. The number of nitrogens with zero attached hydrogens (tertiary/aromatic N) is 1. The van der Waals surface area contributed by atoms with Gasteiger partial charge < -0.3 is 9.84 Å². The predicted molar refractivity (Wildman–Crippen MR) is 137 cm³/mol. The fourth-order valence-electron chi connectivity index (χ4n) is 10.1. The maximum Gasteiger partial charge on any atom is 0.312 e. The highest BCUT2D eigenvalue weighted by Gasteiger charge is 2.70. The molecule has 5 aliphatic rings. The number of hydrogen-bond acceptors (Lipinski definition) is 5. The zero-order valence-electron chi connectivity index (χ0n) is 23.2. The second kappa shape index (κ2) is 7.71. The summed E-state index contributed by atoms with van der Waals surface area (Å²) in [5.74, 6) is 0.139. The van der Waals surface area contributed by atoms with Crippen LogP contribution in [-0.4, -0.2) is 24.0 Å². The van der Waals surface area contributed by atoms with E-state index in [1.54, 1.807) is 0 Å². The molecule has 1 N–H and O–H groups in total. The molecule has 5 aliphatic carbocycles. The quantitative estimate of drug-likeness (QED) is 0.411. The third-order valence-electron chi connectivity index (χ3n) is 12.4. The topological polar surface area (TPSA) is 87.4 Å². The number of aliphatic hydroxyl groups excluding tert-OH is 1. The second-order valence-electron chi connectivity index (χ2n) is 14.3. The van der Waals surface area contributed by atoms with Crippen LogP contribution in [0.15, 0.2) is 23.0 Å². The molecule has 0 aliphatic heterocycles. The van der Waals surface area contributed by atoms with Crippen molar-refractivity contribution in [2.45, 2.75) is 92.9 Å². The highest BCUT2D eigenvalue weighted by Crippen LogP contribution is 2.74. The number of fused-ring (bicyclic) bond motifs is 7. The molecule has 2 unspecified atom stereocenters. The van der Waals surface area contributed by atoms with E-state index < -0.39 is 5.41 Å². The SMILES string of the molecule is COC(=O)[C@]12CCC(C)(C)CC1C1C(=O)C=C3[C@@]4(C)CC(C#N)=C(O)[C@@H](C)[C@@H]4CC[C@@]3(C)[C@]1(C)CC2. The Hall–Kier alpha value is -2.09. The molecule has 0 aromatic carbocycles. The first-order valence-electron chi connectivity index (χ1n) is 13.9. The molecule has 36 heavy (non-hydrogen) atoms. The lowest BCUT2D eigenvalue weighted by Gasteiger charge is -2.68. The van der Waals surface area contributed by atoms with Crippen molar-refractivity contribution < 1.29 is 19.4 Å². The van der Waals surface area contributed by atoms with Gasteiger partial charge >= 0.3 is 5.97 Å². The van der Waals surface area contributed by atoms with Crippen molar-refractivity contribution in [3.05, 3.63) is 23.0 Å². The van der Waals surface area contributed by atoms with Gasteiger partial charge in [-0.2, -0.15) is 5.26 Å². The molecular formula is C31H43NO4. The molecular weight excluding hydrogens is 450 g/mol. The number of rotatable bonds is 1. The van der Waals surface area contributed by atoms with Gasteiger partial charge in [0, 0.05) is 11.8 Å². The third-order valence-corrected chi connectivity index (χ3v) is 12.4. The Morgan fingerprint density at radius 1 is 1.08 bits per heavy atom. The van der Waals surface area contributed by atoms with E-state index in [-0.39, 0.29) is 62.8 Å². The summed E-state index contributed by atoms with van der Waals surface area (Å²) in [6, 6.07) is 2.26. The number of ether oxygens (including phenoxy) is 1. The minimum atomic E-state index is -0.575. The van der Waals surface area contributed by atoms with Crippen molar-refractivity contribution in [1.29, 1.82) is 5.26 Å². The Labute approximate surface area is 216 Å². The van der Waals surface area contributed by atoms with E-state index in [1.807, 2.05) is 13.0 Å². The van der Waals surface area contributed by atoms with Gasteiger partial charge in [-0.05, 0) is 90.9 Å². The van der Waals surface area contributed by atoms with Crippen LogP contribution >= 0.6 is 0 Å². The average Bonchev–Trinajstić information content (AvgIpc) is 2.82. The summed E-state index contributed by atoms with van der Waals surface area (Å²) >= 11 is 0. The van der Waals surface area contributed by atoms with Gasteiger partial charge in [0.25, 0.3) is 0 Å². The average molecular weight is 494 g/mol. The van der Waals surface area contributed by atoms with E-state index in [9.17, 15) is 20.0 Å². The van der Waals surface area contributed by atoms with E-state index >= 15 is 0 Å². The van der Waals surface area contributed by atoms with Crippen LogP contribution in [0.2, 0.25) is 0 Å². The molecule has 0 saturated heterocycles. The monoisotopic (exact) mass is 493 g/mol. The van der Waals surface area contributed by atoms with Gasteiger partial charge in [-0.25, -0.2) is 0 Å². The van der Waals surface area contributed by atoms with Gasteiger partial charge in [0.05, 0.1) is 24.2 Å². The summed E-state index contributed by atoms with van der Waals surface area (Å²) < 4.78 is 5.41. The van der Waals surface area contributed by atoms with Gasteiger partial charge in [0.2, 0.25) is 0 Å². The number of hydrogen-bond donors (Lipinski definition) is 1. The molecule has 196 valence electrons. The molecule has 5 heteroatoms. The van der Waals surface area contributed by atoms with Crippen molar-refractivity contribution in [2.75, 3.05) is 7.11 Å². The largest absolute Gasteiger partial charge is 0.511 e. The lowest BCUT2D eigenvalue weighted by atomic mass is 9.34. The predicted octanol–water partition coefficient (Wildman–Crippen LogP) is 6.70. The molecule has 0 bridgehead atoms. The summed E-state index contributed by atoms with van der Waals surface area (Å²) in [4.78, 5) is 27.7. The third kappa shape index (κ3) is 2.99. The number of esters is 1. The minimum absolute atomic E-state index is 0.0241. The molecule has 0 aromatic rings. The van der Waals surface area contributed by atoms with Crippen LogP contribution in [0.5, 0.6) is 0 Å². The van der Waals surface area contributed by atoms with E-state index in [0.717, 1.165) is 44.9 Å². The van der Waals surface area contributed by atoms with Crippen molar-refractivity contribution >= 4 is 11.8 Å². The van der Waals surface area contributed by atoms with Crippen LogP contribution in [0.1, 0.15) is 92.9 Å². The standard InChI is InChI=1S/C31H43NO4/c1-18-20-8-9-29(5)23(28(20,4)15-19(17-32)25(18)34)14-22(33)24-21-16-27(2,3)10-12-31(21,26(35)36-7)13-11-30(24,29)6/h14,18,20-21,24,34H,8-13,15-16H2,1-7H3/t18-,20-,21?,24?,28-,29+,30+,31-/m0/s1. The van der Waals surface area contributed by atoms with Gasteiger partial charge in [-0.3, -0.25) is 9.59 Å². The zero-order chi connectivity index (χ0) is 26.5. The molecule has 0 aromatic heterocycles. The van der Waals surface area contributed by atoms with Crippen LogP contribution < -0.4 is 0 Å². The molecule has 3 saturated carbocycles. The lowest BCUT2D eigenvalue weighted by molar-refractivity contribution is -0.191. The summed E-state index contributed by atoms with van der Waals surface area (Å²) in [6.07, 6.45) is 8.56. The summed E-state index contributed by atoms with van der Waals surface area (Å²) in [5.41, 5.74) is 0.352. The summed E-state index contributed by atoms with van der Waals surface area (Å²) in [5, 5.41) is 20.6. The Bertz CT molecular complexity index is 1130. The Morgan fingerprint density at radius 2 is 1.75 bits per heavy atom. The smallest absolute Gasteiger partial charge is 0.312 e. The zero-order valence-corrected chi connectivity index (χ0v) is 23.2. The molecule has 0 heterocycles. The molecule has 5 nitrogen and oxygen atoms in total. The van der Waals surface area contributed by atoms with Gasteiger partial charge in [-0.1, -0.05) is 47.1 Å². The van der Waals surface area contributed by atoms with Crippen LogP contribution in [0.25, 0.3) is 0 Å². The van der Waals surface area contributed by atoms with Gasteiger partial charge in [0.15, 0.2) is 5.78 Å². The maximum absolute atomic E-state index is 14.3. The number of methoxy groups -OCH3 is 1. The molecule has 8 atom stereocenters. The number of carbonyl (C=O) groups excluding carboxylic acids is 2. The van der Waals surface area contributed by atoms with E-state index in [2.05, 4.69) is 40.7 Å². The van der Waals surface area contributed by atoms with E-state index in [4.69, 9.17) is 4.74 Å². The van der Waals surface area contributed by atoms with E-state index in [1.165, 1.54) is 12.7 Å². The Morgan fingerprint density at radius 3 is 2.39 bits per heavy atom. The van der Waals surface area contributed by atoms with E-state index in [0.29, 0.717) is 12.0 Å². The maximum atomic E-state index is 14.3. The molecule has 0 radical (unpaired) electrons. The first kappa shape index (κ1) is 25.6. The minimum Gasteiger partial charge on any atom is -0.511 e. The highest BCUT2D eigenvalue weighted by molar-refractivity contribution is 5.96. The molecule has 0 amide bonds. The normalized spacial score (nSPS) is 47.4. The van der Waals surface area contributed by atoms with Crippen LogP contribution in [0.4, 0.5) is 0 Å². The number of nitriles is 1. The van der Waals surface area contributed by atoms with Crippen molar-refractivity contribution in [1.82, 2.24) is 0 Å². The Kier molecular flexibility index (Phi) is 5.48. The first-order chi connectivity index (χ1) is 16.7. The Balaban J connectivity index is 1.67. The number of ketones is 1. The fraction of sp³-hybridized carbons (Fsp3) is 0.774.